The molecule has 0 spiro atoms. The van der Waals surface area contributed by atoms with E-state index >= 15 is 0 Å². The molecule has 0 saturated heterocycles. The van der Waals surface area contributed by atoms with Gasteiger partial charge in [-0.15, -0.1) is 0 Å². The molecule has 6 nitrogen and oxygen atoms in total. The highest BCUT2D eigenvalue weighted by molar-refractivity contribution is 7.89. The molecule has 0 radical (unpaired) electrons. The first-order valence-corrected chi connectivity index (χ1v) is 8.33. The Bertz CT molecular complexity index is 554. The van der Waals surface area contributed by atoms with E-state index in [1.165, 1.54) is 12.4 Å². The molecule has 1 heterocycles. The molecule has 2 N–H and O–H groups in total. The molecule has 1 fully saturated rings. The van der Waals surface area contributed by atoms with E-state index in [0.29, 0.717) is 5.95 Å². The van der Waals surface area contributed by atoms with E-state index in [9.17, 15) is 8.42 Å². The van der Waals surface area contributed by atoms with Crippen LogP contribution >= 0.6 is 0 Å². The van der Waals surface area contributed by atoms with Crippen LogP contribution in [-0.4, -0.2) is 31.5 Å². The Hall–Kier alpha value is -1.21. The summed E-state index contributed by atoms with van der Waals surface area (Å²) in [6.07, 6.45) is 6.60. The van der Waals surface area contributed by atoms with Crippen LogP contribution in [0, 0.1) is 5.41 Å². The van der Waals surface area contributed by atoms with Gasteiger partial charge in [-0.3, -0.25) is 0 Å². The summed E-state index contributed by atoms with van der Waals surface area (Å²) in [5.41, 5.74) is 0.192. The van der Waals surface area contributed by atoms with Crippen molar-refractivity contribution in [1.82, 2.24) is 14.7 Å². The molecule has 0 bridgehead atoms. The second-order valence-corrected chi connectivity index (χ2v) is 7.79. The van der Waals surface area contributed by atoms with Gasteiger partial charge in [0.1, 0.15) is 4.90 Å². The predicted molar refractivity (Wildman–Crippen MR) is 77.9 cm³/mol. The molecule has 20 heavy (non-hydrogen) atoms. The number of nitrogens with one attached hydrogen (secondary N) is 2. The Morgan fingerprint density at radius 3 is 2.50 bits per heavy atom. The Morgan fingerprint density at radius 2 is 1.95 bits per heavy atom. The summed E-state index contributed by atoms with van der Waals surface area (Å²) >= 11 is 0. The highest BCUT2D eigenvalue weighted by Gasteiger charge is 2.31. The standard InChI is InChI=1S/C13H22N4O2S/c1-13(2)6-4-5-10(7-13)17-20(18,19)11-8-15-12(14-3)16-9-11/h8-10,17H,4-7H2,1-3H3,(H,14,15,16). The monoisotopic (exact) mass is 298 g/mol. The second kappa shape index (κ2) is 5.65. The molecule has 2 rings (SSSR count). The summed E-state index contributed by atoms with van der Waals surface area (Å²) in [7, 11) is -1.85. The average Bonchev–Trinajstić information content (AvgIpc) is 2.37. The minimum Gasteiger partial charge on any atom is -0.357 e. The minimum absolute atomic E-state index is 0.00673. The van der Waals surface area contributed by atoms with Crippen LogP contribution in [0.3, 0.4) is 0 Å². The quantitative estimate of drug-likeness (QED) is 0.885. The summed E-state index contributed by atoms with van der Waals surface area (Å²) in [5.74, 6) is 0.405. The number of hydrogen-bond acceptors (Lipinski definition) is 5. The molecule has 0 aromatic carbocycles. The fraction of sp³-hybridized carbons (Fsp3) is 0.692. The van der Waals surface area contributed by atoms with Crippen molar-refractivity contribution in [3.63, 3.8) is 0 Å². The molecule has 1 aromatic heterocycles. The molecule has 1 aromatic rings. The summed E-state index contributed by atoms with van der Waals surface area (Å²) in [6.45, 7) is 4.36. The molecule has 1 atom stereocenters. The fourth-order valence-electron chi connectivity index (χ4n) is 2.67. The van der Waals surface area contributed by atoms with Gasteiger partial charge < -0.3 is 5.32 Å². The van der Waals surface area contributed by atoms with Crippen molar-refractivity contribution in [3.05, 3.63) is 12.4 Å². The van der Waals surface area contributed by atoms with Crippen molar-refractivity contribution in [1.29, 1.82) is 0 Å². The summed E-state index contributed by atoms with van der Waals surface area (Å²) < 4.78 is 27.4. The number of aromatic nitrogens is 2. The van der Waals surface area contributed by atoms with Crippen molar-refractivity contribution < 1.29 is 8.42 Å². The smallest absolute Gasteiger partial charge is 0.243 e. The zero-order chi connectivity index (χ0) is 14.8. The summed E-state index contributed by atoms with van der Waals surface area (Å²) in [6, 6.07) is -0.00673. The van der Waals surface area contributed by atoms with E-state index < -0.39 is 10.0 Å². The van der Waals surface area contributed by atoms with E-state index in [4.69, 9.17) is 0 Å². The van der Waals surface area contributed by atoms with Gasteiger partial charge in [0.25, 0.3) is 0 Å². The number of nitrogens with zero attached hydrogens (tertiary/aromatic N) is 2. The SMILES string of the molecule is CNc1ncc(S(=O)(=O)NC2CCCC(C)(C)C2)cn1. The first-order chi connectivity index (χ1) is 9.32. The zero-order valence-electron chi connectivity index (χ0n) is 12.2. The van der Waals surface area contributed by atoms with Gasteiger partial charge in [0.15, 0.2) is 0 Å². The highest BCUT2D eigenvalue weighted by Crippen LogP contribution is 2.35. The lowest BCUT2D eigenvalue weighted by molar-refractivity contribution is 0.212. The molecule has 7 heteroatoms. The lowest BCUT2D eigenvalue weighted by Gasteiger charge is -2.35. The van der Waals surface area contributed by atoms with Crippen LogP contribution in [0.5, 0.6) is 0 Å². The van der Waals surface area contributed by atoms with Crippen LogP contribution in [0.4, 0.5) is 5.95 Å². The van der Waals surface area contributed by atoms with Crippen LogP contribution in [0.2, 0.25) is 0 Å². The molecule has 112 valence electrons. The van der Waals surface area contributed by atoms with Gasteiger partial charge in [-0.25, -0.2) is 23.1 Å². The molecular formula is C13H22N4O2S. The zero-order valence-corrected chi connectivity index (χ0v) is 13.0. The average molecular weight is 298 g/mol. The first-order valence-electron chi connectivity index (χ1n) is 6.84. The molecule has 1 saturated carbocycles. The van der Waals surface area contributed by atoms with Crippen LogP contribution in [0.25, 0.3) is 0 Å². The maximum atomic E-state index is 12.3. The Morgan fingerprint density at radius 1 is 1.30 bits per heavy atom. The van der Waals surface area contributed by atoms with Crippen molar-refractivity contribution >= 4 is 16.0 Å². The third-order valence-electron chi connectivity index (χ3n) is 3.69. The maximum absolute atomic E-state index is 12.3. The molecule has 0 aliphatic heterocycles. The number of hydrogen-bond donors (Lipinski definition) is 2. The van der Waals surface area contributed by atoms with Gasteiger partial charge in [-0.2, -0.15) is 0 Å². The lowest BCUT2D eigenvalue weighted by Crippen LogP contribution is -2.40. The molecule has 1 aliphatic carbocycles. The van der Waals surface area contributed by atoms with Gasteiger partial charge in [0.2, 0.25) is 16.0 Å². The summed E-state index contributed by atoms with van der Waals surface area (Å²) in [4.78, 5) is 8.00. The van der Waals surface area contributed by atoms with Crippen molar-refractivity contribution in [3.8, 4) is 0 Å². The predicted octanol–water partition coefficient (Wildman–Crippen LogP) is 1.77. The second-order valence-electron chi connectivity index (χ2n) is 6.07. The van der Waals surface area contributed by atoms with Crippen LogP contribution in [-0.2, 0) is 10.0 Å². The van der Waals surface area contributed by atoms with Crippen LogP contribution in [0.15, 0.2) is 17.3 Å². The fourth-order valence-corrected chi connectivity index (χ4v) is 3.83. The summed E-state index contributed by atoms with van der Waals surface area (Å²) in [5, 5.41) is 2.76. The molecule has 1 unspecified atom stereocenters. The van der Waals surface area contributed by atoms with Gasteiger partial charge in [-0.1, -0.05) is 20.3 Å². The Kier molecular flexibility index (Phi) is 4.29. The van der Waals surface area contributed by atoms with E-state index in [2.05, 4.69) is 33.9 Å². The van der Waals surface area contributed by atoms with E-state index in [-0.39, 0.29) is 16.4 Å². The topological polar surface area (TPSA) is 84.0 Å². The molecular weight excluding hydrogens is 276 g/mol. The van der Waals surface area contributed by atoms with Gasteiger partial charge in [-0.05, 0) is 24.7 Å². The Labute approximate surface area is 120 Å². The van der Waals surface area contributed by atoms with E-state index in [1.54, 1.807) is 7.05 Å². The number of anilines is 1. The molecule has 1 aliphatic rings. The normalized spacial score (nSPS) is 22.4. The largest absolute Gasteiger partial charge is 0.357 e. The third-order valence-corrected chi connectivity index (χ3v) is 5.16. The first kappa shape index (κ1) is 15.2. The van der Waals surface area contributed by atoms with Gasteiger partial charge in [0.05, 0.1) is 12.4 Å². The van der Waals surface area contributed by atoms with E-state index in [0.717, 1.165) is 25.7 Å². The van der Waals surface area contributed by atoms with Crippen LogP contribution < -0.4 is 10.0 Å². The highest BCUT2D eigenvalue weighted by atomic mass is 32.2. The van der Waals surface area contributed by atoms with Crippen LogP contribution in [0.1, 0.15) is 39.5 Å². The maximum Gasteiger partial charge on any atom is 0.243 e. The van der Waals surface area contributed by atoms with Crippen molar-refractivity contribution in [2.75, 3.05) is 12.4 Å². The van der Waals surface area contributed by atoms with Gasteiger partial charge in [0, 0.05) is 13.1 Å². The lowest BCUT2D eigenvalue weighted by atomic mass is 9.75. The molecule has 0 amide bonds. The minimum atomic E-state index is -3.54. The number of rotatable bonds is 4. The van der Waals surface area contributed by atoms with Gasteiger partial charge >= 0.3 is 0 Å². The van der Waals surface area contributed by atoms with E-state index in [1.807, 2.05) is 0 Å². The van der Waals surface area contributed by atoms with Crippen molar-refractivity contribution in [2.45, 2.75) is 50.5 Å². The Balaban J connectivity index is 2.10. The van der Waals surface area contributed by atoms with Crippen molar-refractivity contribution in [2.24, 2.45) is 5.41 Å². The number of sulfonamides is 1. The third kappa shape index (κ3) is 3.67.